The van der Waals surface area contributed by atoms with E-state index in [2.05, 4.69) is 52.1 Å². The predicted molar refractivity (Wildman–Crippen MR) is 125 cm³/mol. The topological polar surface area (TPSA) is 48.8 Å². The molecule has 1 saturated carbocycles. The van der Waals surface area contributed by atoms with Crippen molar-refractivity contribution in [2.75, 3.05) is 0 Å². The first-order chi connectivity index (χ1) is 14.0. The second-order valence-electron chi connectivity index (χ2n) is 8.88. The number of hydrogen-bond donors (Lipinski definition) is 2. The molecule has 3 nitrogen and oxygen atoms in total. The summed E-state index contributed by atoms with van der Waals surface area (Å²) in [4.78, 5) is 4.82. The standard InChI is InChI=1S/C26H41N3/c1-6-8-10-12-22-15-23(22)26-20(5)14-21(17-29-26)16-28-18-24(19(3)4)25(27)13-11-9-7-2/h11,13-14,17-19,22-23,27-28H,6-10,12,15-16H2,1-5H3/b13-11-,24-18-,27-25?. The van der Waals surface area contributed by atoms with E-state index < -0.39 is 0 Å². The molecule has 1 aromatic rings. The van der Waals surface area contributed by atoms with Crippen molar-refractivity contribution in [1.29, 1.82) is 5.41 Å². The molecular formula is C26H41N3. The van der Waals surface area contributed by atoms with Gasteiger partial charge in [0, 0.05) is 30.6 Å². The zero-order chi connectivity index (χ0) is 21.2. The molecule has 160 valence electrons. The summed E-state index contributed by atoms with van der Waals surface area (Å²) in [5.74, 6) is 1.87. The third-order valence-corrected chi connectivity index (χ3v) is 5.86. The Kier molecular flexibility index (Phi) is 9.63. The fourth-order valence-electron chi connectivity index (χ4n) is 3.98. The Balaban J connectivity index is 1.91. The highest BCUT2D eigenvalue weighted by atomic mass is 14.8. The zero-order valence-electron chi connectivity index (χ0n) is 19.2. The number of allylic oxidation sites excluding steroid dienone is 3. The molecule has 2 unspecified atom stereocenters. The number of aryl methyl sites for hydroxylation is 1. The Bertz CT molecular complexity index is 715. The fraction of sp³-hybridized carbons (Fsp3) is 0.615. The third kappa shape index (κ3) is 7.45. The van der Waals surface area contributed by atoms with Gasteiger partial charge in [0.1, 0.15) is 0 Å². The lowest BCUT2D eigenvalue weighted by molar-refractivity contribution is 0.607. The van der Waals surface area contributed by atoms with Crippen molar-refractivity contribution >= 4 is 5.71 Å². The molecule has 0 amide bonds. The highest BCUT2D eigenvalue weighted by Crippen LogP contribution is 2.50. The lowest BCUT2D eigenvalue weighted by Crippen LogP contribution is -2.13. The van der Waals surface area contributed by atoms with Crippen LogP contribution in [0.2, 0.25) is 0 Å². The van der Waals surface area contributed by atoms with E-state index in [0.29, 0.717) is 17.5 Å². The van der Waals surface area contributed by atoms with Crippen molar-refractivity contribution in [3.05, 3.63) is 53.0 Å². The molecule has 0 aromatic carbocycles. The van der Waals surface area contributed by atoms with Crippen molar-refractivity contribution in [2.24, 2.45) is 11.8 Å². The van der Waals surface area contributed by atoms with Crippen molar-refractivity contribution in [3.8, 4) is 0 Å². The molecule has 0 saturated heterocycles. The summed E-state index contributed by atoms with van der Waals surface area (Å²) in [5.41, 5.74) is 5.51. The third-order valence-electron chi connectivity index (χ3n) is 5.86. The van der Waals surface area contributed by atoms with Crippen LogP contribution in [0.3, 0.4) is 0 Å². The molecule has 1 aliphatic rings. The van der Waals surface area contributed by atoms with E-state index in [1.807, 2.05) is 18.5 Å². The average molecular weight is 396 g/mol. The van der Waals surface area contributed by atoms with Gasteiger partial charge in [-0.15, -0.1) is 0 Å². The van der Waals surface area contributed by atoms with Gasteiger partial charge in [-0.2, -0.15) is 0 Å². The van der Waals surface area contributed by atoms with Crippen LogP contribution in [0.4, 0.5) is 0 Å². The smallest absolute Gasteiger partial charge is 0.0585 e. The van der Waals surface area contributed by atoms with Crippen molar-refractivity contribution in [3.63, 3.8) is 0 Å². The Morgan fingerprint density at radius 2 is 2.07 bits per heavy atom. The van der Waals surface area contributed by atoms with Crippen LogP contribution in [0.25, 0.3) is 0 Å². The van der Waals surface area contributed by atoms with Crippen LogP contribution >= 0.6 is 0 Å². The molecule has 2 atom stereocenters. The second kappa shape index (κ2) is 11.9. The van der Waals surface area contributed by atoms with E-state index in [4.69, 9.17) is 10.4 Å². The second-order valence-corrected chi connectivity index (χ2v) is 8.88. The molecule has 0 bridgehead atoms. The monoisotopic (exact) mass is 395 g/mol. The molecule has 2 N–H and O–H groups in total. The van der Waals surface area contributed by atoms with Crippen molar-refractivity contribution < 1.29 is 0 Å². The quantitative estimate of drug-likeness (QED) is 0.277. The van der Waals surface area contributed by atoms with Crippen molar-refractivity contribution in [2.45, 2.75) is 92.0 Å². The van der Waals surface area contributed by atoms with E-state index in [-0.39, 0.29) is 0 Å². The molecule has 3 heteroatoms. The highest BCUT2D eigenvalue weighted by molar-refractivity contribution is 6.06. The van der Waals surface area contributed by atoms with Gasteiger partial charge < -0.3 is 10.7 Å². The van der Waals surface area contributed by atoms with E-state index in [1.165, 1.54) is 48.9 Å². The number of rotatable bonds is 13. The zero-order valence-corrected chi connectivity index (χ0v) is 19.2. The number of pyridine rings is 1. The van der Waals surface area contributed by atoms with Gasteiger partial charge in [0.25, 0.3) is 0 Å². The number of unbranched alkanes of at least 4 members (excludes halogenated alkanes) is 3. The van der Waals surface area contributed by atoms with Crippen LogP contribution in [0, 0.1) is 24.2 Å². The van der Waals surface area contributed by atoms with Crippen LogP contribution in [-0.2, 0) is 6.54 Å². The predicted octanol–water partition coefficient (Wildman–Crippen LogP) is 7.08. The largest absolute Gasteiger partial charge is 0.386 e. The summed E-state index contributed by atoms with van der Waals surface area (Å²) in [6, 6.07) is 2.28. The number of nitrogens with one attached hydrogen (secondary N) is 2. The summed E-state index contributed by atoms with van der Waals surface area (Å²) < 4.78 is 0. The van der Waals surface area contributed by atoms with Gasteiger partial charge in [0.2, 0.25) is 0 Å². The van der Waals surface area contributed by atoms with Gasteiger partial charge in [-0.3, -0.25) is 4.98 Å². The summed E-state index contributed by atoms with van der Waals surface area (Å²) in [6.45, 7) is 11.7. The maximum atomic E-state index is 8.33. The van der Waals surface area contributed by atoms with Crippen LogP contribution in [0.15, 0.2) is 36.2 Å². The Morgan fingerprint density at radius 3 is 2.72 bits per heavy atom. The first-order valence-electron chi connectivity index (χ1n) is 11.6. The van der Waals surface area contributed by atoms with Crippen LogP contribution in [-0.4, -0.2) is 10.7 Å². The Labute approximate surface area is 178 Å². The lowest BCUT2D eigenvalue weighted by Gasteiger charge is -2.12. The molecule has 1 heterocycles. The SMILES string of the molecule is CCC/C=C\C(=N)/C(=C\NCc1cnc(C2CC2CCCCC)c(C)c1)C(C)C. The van der Waals surface area contributed by atoms with Crippen LogP contribution in [0.1, 0.15) is 95.4 Å². The Hall–Kier alpha value is -1.90. The van der Waals surface area contributed by atoms with Crippen molar-refractivity contribution in [1.82, 2.24) is 10.3 Å². The molecule has 1 aromatic heterocycles. The molecule has 0 spiro atoms. The summed E-state index contributed by atoms with van der Waals surface area (Å²) in [7, 11) is 0. The van der Waals surface area contributed by atoms with Gasteiger partial charge in [-0.05, 0) is 60.8 Å². The molecule has 0 aliphatic heterocycles. The van der Waals surface area contributed by atoms with Crippen LogP contribution < -0.4 is 5.32 Å². The fourth-order valence-corrected chi connectivity index (χ4v) is 3.98. The van der Waals surface area contributed by atoms with Crippen LogP contribution in [0.5, 0.6) is 0 Å². The van der Waals surface area contributed by atoms with Gasteiger partial charge in [-0.1, -0.05) is 65.5 Å². The normalized spacial score (nSPS) is 19.2. The average Bonchev–Trinajstić information content (AvgIpc) is 3.44. The molecule has 1 fully saturated rings. The van der Waals surface area contributed by atoms with E-state index in [9.17, 15) is 0 Å². The summed E-state index contributed by atoms with van der Waals surface area (Å²) in [5, 5.41) is 11.7. The molecule has 0 radical (unpaired) electrons. The van der Waals surface area contributed by atoms with Gasteiger partial charge >= 0.3 is 0 Å². The molecular weight excluding hydrogens is 354 g/mol. The number of nitrogens with zero attached hydrogens (tertiary/aromatic N) is 1. The van der Waals surface area contributed by atoms with E-state index >= 15 is 0 Å². The van der Waals surface area contributed by atoms with Gasteiger partial charge in [0.05, 0.1) is 5.71 Å². The summed E-state index contributed by atoms with van der Waals surface area (Å²) in [6.07, 6.45) is 16.9. The maximum Gasteiger partial charge on any atom is 0.0585 e. The van der Waals surface area contributed by atoms with E-state index in [0.717, 1.165) is 30.9 Å². The highest BCUT2D eigenvalue weighted by Gasteiger charge is 2.39. The first-order valence-corrected chi connectivity index (χ1v) is 11.6. The number of hydrogen-bond acceptors (Lipinski definition) is 3. The molecule has 2 rings (SSSR count). The van der Waals surface area contributed by atoms with Gasteiger partial charge in [-0.25, -0.2) is 0 Å². The first kappa shape index (κ1) is 23.4. The maximum absolute atomic E-state index is 8.33. The Morgan fingerprint density at radius 1 is 1.28 bits per heavy atom. The molecule has 29 heavy (non-hydrogen) atoms. The summed E-state index contributed by atoms with van der Waals surface area (Å²) >= 11 is 0. The lowest BCUT2D eigenvalue weighted by atomic mass is 9.99. The number of aromatic nitrogens is 1. The minimum Gasteiger partial charge on any atom is -0.386 e. The van der Waals surface area contributed by atoms with Gasteiger partial charge in [0.15, 0.2) is 0 Å². The minimum atomic E-state index is 0.322. The minimum absolute atomic E-state index is 0.322. The molecule has 1 aliphatic carbocycles. The van der Waals surface area contributed by atoms with E-state index in [1.54, 1.807) is 0 Å².